The van der Waals surface area contributed by atoms with Crippen LogP contribution in [-0.2, 0) is 6.42 Å². The number of aromatic hydroxyl groups is 1. The molecule has 0 aliphatic rings. The van der Waals surface area contributed by atoms with Gasteiger partial charge in [0.2, 0.25) is 0 Å². The van der Waals surface area contributed by atoms with Gasteiger partial charge in [0.05, 0.1) is 0 Å². The molecule has 0 amide bonds. The summed E-state index contributed by atoms with van der Waals surface area (Å²) in [7, 11) is 0. The molecule has 1 rings (SSSR count). The lowest BCUT2D eigenvalue weighted by atomic mass is 10.1. The maximum absolute atomic E-state index is 13.1. The van der Waals surface area contributed by atoms with Crippen LogP contribution in [0.25, 0.3) is 0 Å². The third-order valence-corrected chi connectivity index (χ3v) is 1.80. The molecule has 1 aromatic carbocycles. The van der Waals surface area contributed by atoms with Gasteiger partial charge in [-0.1, -0.05) is 0 Å². The minimum Gasteiger partial charge on any atom is -0.505 e. The van der Waals surface area contributed by atoms with Crippen LogP contribution >= 0.6 is 0 Å². The maximum atomic E-state index is 13.1. The first kappa shape index (κ1) is 9.92. The molecular formula is C9H11F2NO. The summed E-state index contributed by atoms with van der Waals surface area (Å²) in [5.41, 5.74) is 5.11. The quantitative estimate of drug-likeness (QED) is 0.754. The first-order valence-electron chi connectivity index (χ1n) is 4.02. The Balaban J connectivity index is 2.96. The van der Waals surface area contributed by atoms with Gasteiger partial charge in [-0.3, -0.25) is 0 Å². The van der Waals surface area contributed by atoms with E-state index in [4.69, 9.17) is 10.8 Å². The van der Waals surface area contributed by atoms with E-state index in [1.165, 1.54) is 0 Å². The van der Waals surface area contributed by atoms with E-state index in [0.29, 0.717) is 13.0 Å². The van der Waals surface area contributed by atoms with Crippen molar-refractivity contribution in [3.63, 3.8) is 0 Å². The van der Waals surface area contributed by atoms with Gasteiger partial charge in [0, 0.05) is 5.56 Å². The number of phenolic OH excluding ortho intramolecular Hbond substituents is 1. The molecular weight excluding hydrogens is 176 g/mol. The highest BCUT2D eigenvalue weighted by molar-refractivity contribution is 5.31. The Hall–Kier alpha value is -1.16. The van der Waals surface area contributed by atoms with Gasteiger partial charge in [-0.15, -0.1) is 0 Å². The van der Waals surface area contributed by atoms with Crippen molar-refractivity contribution in [2.24, 2.45) is 5.73 Å². The molecule has 4 heteroatoms. The summed E-state index contributed by atoms with van der Waals surface area (Å²) in [6.45, 7) is 0.370. The number of phenols is 1. The van der Waals surface area contributed by atoms with Crippen LogP contribution in [0.3, 0.4) is 0 Å². The number of hydrogen-bond donors (Lipinski definition) is 2. The fourth-order valence-electron chi connectivity index (χ4n) is 1.09. The number of rotatable bonds is 3. The minimum atomic E-state index is -0.881. The minimum absolute atomic E-state index is 0.0922. The summed E-state index contributed by atoms with van der Waals surface area (Å²) in [5, 5.41) is 8.95. The van der Waals surface area contributed by atoms with E-state index in [9.17, 15) is 8.78 Å². The third kappa shape index (κ3) is 2.15. The van der Waals surface area contributed by atoms with Crippen molar-refractivity contribution in [1.29, 1.82) is 0 Å². The Morgan fingerprint density at radius 2 is 2.00 bits per heavy atom. The summed E-state index contributed by atoms with van der Waals surface area (Å²) in [5.74, 6) is -2.04. The van der Waals surface area contributed by atoms with Crippen molar-refractivity contribution in [1.82, 2.24) is 0 Å². The second-order valence-electron chi connectivity index (χ2n) is 2.75. The van der Waals surface area contributed by atoms with E-state index in [0.717, 1.165) is 12.1 Å². The van der Waals surface area contributed by atoms with Crippen molar-refractivity contribution < 1.29 is 13.9 Å². The number of nitrogens with two attached hydrogens (primary N) is 1. The van der Waals surface area contributed by atoms with E-state index < -0.39 is 17.4 Å². The lowest BCUT2D eigenvalue weighted by Gasteiger charge is -2.04. The maximum Gasteiger partial charge on any atom is 0.170 e. The van der Waals surface area contributed by atoms with Crippen molar-refractivity contribution in [2.45, 2.75) is 12.8 Å². The molecule has 0 spiro atoms. The number of benzene rings is 1. The molecule has 0 aromatic heterocycles. The summed E-state index contributed by atoms with van der Waals surface area (Å²) >= 11 is 0. The van der Waals surface area contributed by atoms with Gasteiger partial charge >= 0.3 is 0 Å². The molecule has 72 valence electrons. The van der Waals surface area contributed by atoms with E-state index in [-0.39, 0.29) is 12.0 Å². The van der Waals surface area contributed by atoms with Crippen molar-refractivity contribution >= 4 is 0 Å². The summed E-state index contributed by atoms with van der Waals surface area (Å²) in [6.07, 6.45) is 0.708. The Bertz CT molecular complexity index is 302. The summed E-state index contributed by atoms with van der Waals surface area (Å²) in [6, 6.07) is 2.04. The van der Waals surface area contributed by atoms with E-state index in [2.05, 4.69) is 0 Å². The standard InChI is InChI=1S/C9H11F2NO/c10-7-3-4-8(13)9(11)6(7)2-1-5-12/h3-4,13H,1-2,5,12H2. The average Bonchev–Trinajstić information content (AvgIpc) is 2.12. The molecule has 0 heterocycles. The lowest BCUT2D eigenvalue weighted by molar-refractivity contribution is 0.421. The van der Waals surface area contributed by atoms with Crippen LogP contribution in [0.15, 0.2) is 12.1 Å². The van der Waals surface area contributed by atoms with Crippen LogP contribution in [0.5, 0.6) is 5.75 Å². The zero-order valence-corrected chi connectivity index (χ0v) is 7.06. The molecule has 0 aliphatic heterocycles. The first-order chi connectivity index (χ1) is 6.16. The largest absolute Gasteiger partial charge is 0.505 e. The Labute approximate surface area is 75.0 Å². The Morgan fingerprint density at radius 1 is 1.31 bits per heavy atom. The van der Waals surface area contributed by atoms with Crippen LogP contribution in [0.4, 0.5) is 8.78 Å². The van der Waals surface area contributed by atoms with Crippen LogP contribution in [-0.4, -0.2) is 11.7 Å². The Kier molecular flexibility index (Phi) is 3.19. The molecule has 3 N–H and O–H groups in total. The topological polar surface area (TPSA) is 46.2 Å². The normalized spacial score (nSPS) is 10.4. The molecule has 0 unspecified atom stereocenters. The molecule has 0 atom stereocenters. The predicted octanol–water partition coefficient (Wildman–Crippen LogP) is 1.56. The van der Waals surface area contributed by atoms with Crippen LogP contribution in [0.1, 0.15) is 12.0 Å². The van der Waals surface area contributed by atoms with Gasteiger partial charge in [-0.25, -0.2) is 8.78 Å². The molecule has 0 aliphatic carbocycles. The van der Waals surface area contributed by atoms with Crippen molar-refractivity contribution in [2.75, 3.05) is 6.54 Å². The lowest BCUT2D eigenvalue weighted by Crippen LogP contribution is -2.03. The highest BCUT2D eigenvalue weighted by atomic mass is 19.1. The number of hydrogen-bond acceptors (Lipinski definition) is 2. The molecule has 0 bridgehead atoms. The van der Waals surface area contributed by atoms with E-state index in [1.54, 1.807) is 0 Å². The fourth-order valence-corrected chi connectivity index (χ4v) is 1.09. The monoisotopic (exact) mass is 187 g/mol. The number of halogens is 2. The van der Waals surface area contributed by atoms with Crippen LogP contribution in [0.2, 0.25) is 0 Å². The molecule has 13 heavy (non-hydrogen) atoms. The van der Waals surface area contributed by atoms with Gasteiger partial charge in [0.15, 0.2) is 11.6 Å². The Morgan fingerprint density at radius 3 is 2.62 bits per heavy atom. The van der Waals surface area contributed by atoms with Gasteiger partial charge in [-0.2, -0.15) is 0 Å². The highest BCUT2D eigenvalue weighted by Gasteiger charge is 2.11. The average molecular weight is 187 g/mol. The van der Waals surface area contributed by atoms with Crippen LogP contribution < -0.4 is 5.73 Å². The van der Waals surface area contributed by atoms with Gasteiger partial charge in [0.1, 0.15) is 5.82 Å². The fraction of sp³-hybridized carbons (Fsp3) is 0.333. The van der Waals surface area contributed by atoms with Gasteiger partial charge in [-0.05, 0) is 31.5 Å². The van der Waals surface area contributed by atoms with E-state index in [1.807, 2.05) is 0 Å². The SMILES string of the molecule is NCCCc1c(F)ccc(O)c1F. The predicted molar refractivity (Wildman–Crippen MR) is 45.4 cm³/mol. The zero-order chi connectivity index (χ0) is 9.84. The summed E-state index contributed by atoms with van der Waals surface area (Å²) < 4.78 is 26.0. The third-order valence-electron chi connectivity index (χ3n) is 1.80. The molecule has 1 aromatic rings. The zero-order valence-electron chi connectivity index (χ0n) is 7.06. The van der Waals surface area contributed by atoms with E-state index >= 15 is 0 Å². The second kappa shape index (κ2) is 4.18. The van der Waals surface area contributed by atoms with Gasteiger partial charge in [0.25, 0.3) is 0 Å². The van der Waals surface area contributed by atoms with Crippen LogP contribution in [0, 0.1) is 11.6 Å². The summed E-state index contributed by atoms with van der Waals surface area (Å²) in [4.78, 5) is 0. The molecule has 0 radical (unpaired) electrons. The van der Waals surface area contributed by atoms with Crippen molar-refractivity contribution in [3.05, 3.63) is 29.3 Å². The van der Waals surface area contributed by atoms with Gasteiger partial charge < -0.3 is 10.8 Å². The second-order valence-corrected chi connectivity index (χ2v) is 2.75. The smallest absolute Gasteiger partial charge is 0.170 e. The first-order valence-corrected chi connectivity index (χ1v) is 4.02. The molecule has 2 nitrogen and oxygen atoms in total. The molecule has 0 saturated carbocycles. The van der Waals surface area contributed by atoms with Crippen molar-refractivity contribution in [3.8, 4) is 5.75 Å². The molecule has 0 saturated heterocycles. The molecule has 0 fully saturated rings. The highest BCUT2D eigenvalue weighted by Crippen LogP contribution is 2.22.